The van der Waals surface area contributed by atoms with Gasteiger partial charge in [0, 0.05) is 23.2 Å². The van der Waals surface area contributed by atoms with Gasteiger partial charge >= 0.3 is 0 Å². The van der Waals surface area contributed by atoms with Crippen LogP contribution in [0, 0.1) is 0 Å². The molecule has 6 heteroatoms. The summed E-state index contributed by atoms with van der Waals surface area (Å²) in [5, 5.41) is 6.87. The molecule has 1 fully saturated rings. The first-order chi connectivity index (χ1) is 9.22. The fourth-order valence-electron chi connectivity index (χ4n) is 2.34. The van der Waals surface area contributed by atoms with E-state index in [4.69, 9.17) is 16.3 Å². The molecule has 2 heterocycles. The molecule has 0 spiro atoms. The summed E-state index contributed by atoms with van der Waals surface area (Å²) < 4.78 is 5.57. The van der Waals surface area contributed by atoms with Gasteiger partial charge < -0.3 is 15.4 Å². The van der Waals surface area contributed by atoms with E-state index in [-0.39, 0.29) is 24.4 Å². The number of fused-ring (bicyclic) bond motifs is 1. The van der Waals surface area contributed by atoms with E-state index in [1.54, 1.807) is 12.1 Å². The zero-order chi connectivity index (χ0) is 13.2. The molecule has 1 atom stereocenters. The van der Waals surface area contributed by atoms with Crippen LogP contribution in [0.3, 0.4) is 0 Å². The highest BCUT2D eigenvalue weighted by molar-refractivity contribution is 6.30. The topological polar surface area (TPSA) is 50.4 Å². The lowest BCUT2D eigenvalue weighted by molar-refractivity contribution is -0.118. The fourth-order valence-corrected chi connectivity index (χ4v) is 2.52. The molecule has 2 aliphatic heterocycles. The third kappa shape index (κ3) is 3.26. The van der Waals surface area contributed by atoms with E-state index >= 15 is 0 Å². The molecule has 0 aliphatic carbocycles. The molecule has 20 heavy (non-hydrogen) atoms. The lowest BCUT2D eigenvalue weighted by atomic mass is 10.1. The molecule has 0 saturated carbocycles. The maximum atomic E-state index is 12.1. The second kappa shape index (κ2) is 6.48. The summed E-state index contributed by atoms with van der Waals surface area (Å²) in [7, 11) is 0. The molecule has 1 aromatic rings. The van der Waals surface area contributed by atoms with Gasteiger partial charge in [-0.05, 0) is 37.2 Å². The first-order valence-corrected chi connectivity index (χ1v) is 6.75. The predicted molar refractivity (Wildman–Crippen MR) is 81.6 cm³/mol. The number of nitrogens with one attached hydrogen (secondary N) is 2. The number of carbonyl (C=O) groups is 1. The second-order valence-electron chi connectivity index (χ2n) is 4.80. The number of benzene rings is 1. The summed E-state index contributed by atoms with van der Waals surface area (Å²) in [4.78, 5) is 12.1. The smallest absolute Gasteiger partial charge is 0.250 e. The maximum Gasteiger partial charge on any atom is 0.250 e. The third-order valence-corrected chi connectivity index (χ3v) is 3.61. The van der Waals surface area contributed by atoms with E-state index in [0.717, 1.165) is 30.8 Å². The Labute approximate surface area is 128 Å². The second-order valence-corrected chi connectivity index (χ2v) is 5.24. The Kier molecular flexibility index (Phi) is 4.91. The highest BCUT2D eigenvalue weighted by atomic mass is 35.5. The molecule has 2 N–H and O–H groups in total. The molecule has 1 amide bonds. The van der Waals surface area contributed by atoms with Gasteiger partial charge in [-0.25, -0.2) is 0 Å². The standard InChI is InChI=1S/C14H15ClN2O2.ClH/c15-11-1-2-13-9(6-11)5-10(8-19-13)14(18)17-12-3-4-16-7-12;/h1-2,5-6,12,16H,3-4,7-8H2,(H,17,18);1H. The fraction of sp³-hybridized carbons (Fsp3) is 0.357. The molecule has 3 rings (SSSR count). The van der Waals surface area contributed by atoms with Crippen molar-refractivity contribution < 1.29 is 9.53 Å². The van der Waals surface area contributed by atoms with Crippen molar-refractivity contribution in [2.24, 2.45) is 0 Å². The summed E-state index contributed by atoms with van der Waals surface area (Å²) in [5.41, 5.74) is 1.50. The van der Waals surface area contributed by atoms with Gasteiger partial charge in [0.15, 0.2) is 0 Å². The summed E-state index contributed by atoms with van der Waals surface area (Å²) in [6.45, 7) is 2.10. The predicted octanol–water partition coefficient (Wildman–Crippen LogP) is 2.02. The van der Waals surface area contributed by atoms with Crippen LogP contribution < -0.4 is 15.4 Å². The minimum Gasteiger partial charge on any atom is -0.488 e. The number of halogens is 2. The van der Waals surface area contributed by atoms with E-state index in [9.17, 15) is 4.79 Å². The Bertz CT molecular complexity index is 540. The van der Waals surface area contributed by atoms with Crippen molar-refractivity contribution in [1.82, 2.24) is 10.6 Å². The van der Waals surface area contributed by atoms with E-state index < -0.39 is 0 Å². The Morgan fingerprint density at radius 2 is 2.30 bits per heavy atom. The molecular weight excluding hydrogens is 299 g/mol. The molecular formula is C14H16Cl2N2O2. The molecule has 0 aromatic heterocycles. The van der Waals surface area contributed by atoms with Crippen molar-refractivity contribution >= 4 is 36.0 Å². The van der Waals surface area contributed by atoms with Crippen LogP contribution in [0.5, 0.6) is 5.75 Å². The number of ether oxygens (including phenoxy) is 1. The summed E-state index contributed by atoms with van der Waals surface area (Å²) >= 11 is 5.95. The van der Waals surface area contributed by atoms with Crippen molar-refractivity contribution in [3.8, 4) is 5.75 Å². The third-order valence-electron chi connectivity index (χ3n) is 3.37. The Morgan fingerprint density at radius 1 is 1.45 bits per heavy atom. The molecule has 1 aromatic carbocycles. The number of amides is 1. The van der Waals surface area contributed by atoms with Crippen molar-refractivity contribution in [3.05, 3.63) is 34.4 Å². The number of carbonyl (C=O) groups excluding carboxylic acids is 1. The Morgan fingerprint density at radius 3 is 3.05 bits per heavy atom. The zero-order valence-corrected chi connectivity index (χ0v) is 12.4. The van der Waals surface area contributed by atoms with Gasteiger partial charge in [0.05, 0.1) is 5.57 Å². The molecule has 4 nitrogen and oxygen atoms in total. The van der Waals surface area contributed by atoms with E-state index in [1.807, 2.05) is 12.1 Å². The van der Waals surface area contributed by atoms with Gasteiger partial charge in [0.1, 0.15) is 12.4 Å². The van der Waals surface area contributed by atoms with Gasteiger partial charge in [-0.15, -0.1) is 12.4 Å². The van der Waals surface area contributed by atoms with Crippen LogP contribution >= 0.6 is 24.0 Å². The largest absolute Gasteiger partial charge is 0.488 e. The van der Waals surface area contributed by atoms with Crippen LogP contribution in [0.15, 0.2) is 23.8 Å². The average Bonchev–Trinajstić information content (AvgIpc) is 2.90. The van der Waals surface area contributed by atoms with Crippen LogP contribution in [0.4, 0.5) is 0 Å². The van der Waals surface area contributed by atoms with Crippen LogP contribution in [-0.4, -0.2) is 31.6 Å². The molecule has 2 aliphatic rings. The van der Waals surface area contributed by atoms with Crippen molar-refractivity contribution in [2.45, 2.75) is 12.5 Å². The molecule has 108 valence electrons. The minimum absolute atomic E-state index is 0. The van der Waals surface area contributed by atoms with Crippen molar-refractivity contribution in [3.63, 3.8) is 0 Å². The monoisotopic (exact) mass is 314 g/mol. The van der Waals surface area contributed by atoms with Gasteiger partial charge in [-0.2, -0.15) is 0 Å². The number of rotatable bonds is 2. The molecule has 1 unspecified atom stereocenters. The molecule has 1 saturated heterocycles. The van der Waals surface area contributed by atoms with Crippen molar-refractivity contribution in [2.75, 3.05) is 19.7 Å². The van der Waals surface area contributed by atoms with Gasteiger partial charge in [0.25, 0.3) is 5.91 Å². The van der Waals surface area contributed by atoms with E-state index in [0.29, 0.717) is 17.2 Å². The summed E-state index contributed by atoms with van der Waals surface area (Å²) in [5.74, 6) is 0.711. The Balaban J connectivity index is 0.00000147. The first-order valence-electron chi connectivity index (χ1n) is 6.37. The summed E-state index contributed by atoms with van der Waals surface area (Å²) in [6, 6.07) is 5.63. The van der Waals surface area contributed by atoms with E-state index in [1.165, 1.54) is 0 Å². The van der Waals surface area contributed by atoms with Crippen LogP contribution in [0.25, 0.3) is 6.08 Å². The van der Waals surface area contributed by atoms with Crippen molar-refractivity contribution in [1.29, 1.82) is 0 Å². The number of hydrogen-bond donors (Lipinski definition) is 2. The lowest BCUT2D eigenvalue weighted by Gasteiger charge is -2.19. The highest BCUT2D eigenvalue weighted by Crippen LogP contribution is 2.28. The normalized spacial score (nSPS) is 20.2. The number of hydrogen-bond acceptors (Lipinski definition) is 3. The molecule has 0 radical (unpaired) electrons. The Hall–Kier alpha value is -1.23. The van der Waals surface area contributed by atoms with Gasteiger partial charge in [0.2, 0.25) is 0 Å². The van der Waals surface area contributed by atoms with Crippen LogP contribution in [0.1, 0.15) is 12.0 Å². The van der Waals surface area contributed by atoms with E-state index in [2.05, 4.69) is 10.6 Å². The van der Waals surface area contributed by atoms with Gasteiger partial charge in [-0.1, -0.05) is 11.6 Å². The highest BCUT2D eigenvalue weighted by Gasteiger charge is 2.21. The first kappa shape index (κ1) is 15.2. The minimum atomic E-state index is -0.0562. The average molecular weight is 315 g/mol. The lowest BCUT2D eigenvalue weighted by Crippen LogP contribution is -2.38. The quantitative estimate of drug-likeness (QED) is 0.878. The SMILES string of the molecule is Cl.O=C(NC1CCNC1)C1=Cc2cc(Cl)ccc2OC1. The molecule has 0 bridgehead atoms. The van der Waals surface area contributed by atoms with Gasteiger partial charge in [-0.3, -0.25) is 4.79 Å². The van der Waals surface area contributed by atoms with Crippen LogP contribution in [0.2, 0.25) is 5.02 Å². The van der Waals surface area contributed by atoms with Crippen LogP contribution in [-0.2, 0) is 4.79 Å². The summed E-state index contributed by atoms with van der Waals surface area (Å²) in [6.07, 6.45) is 2.82. The zero-order valence-electron chi connectivity index (χ0n) is 10.8. The maximum absolute atomic E-state index is 12.1.